The quantitative estimate of drug-likeness (QED) is 0.375. The molecule has 0 saturated heterocycles. The van der Waals surface area contributed by atoms with E-state index in [1.807, 2.05) is 12.2 Å². The fraction of sp³-hybridized carbons (Fsp3) is 0.333. The van der Waals surface area contributed by atoms with E-state index in [0.29, 0.717) is 0 Å². The van der Waals surface area contributed by atoms with E-state index in [1.165, 1.54) is 0 Å². The molecule has 0 aromatic heterocycles. The van der Waals surface area contributed by atoms with Crippen molar-refractivity contribution < 1.29 is 0 Å². The molecular weight excluding hydrogens is 150 g/mol. The number of likely N-dealkylation sites (N-methyl/N-ethyl adjacent to an activating group) is 1. The van der Waals surface area contributed by atoms with E-state index in [2.05, 4.69) is 10.6 Å². The summed E-state index contributed by atoms with van der Waals surface area (Å²) in [5.41, 5.74) is 6.37. The van der Waals surface area contributed by atoms with Crippen molar-refractivity contribution in [2.24, 2.45) is 5.73 Å². The van der Waals surface area contributed by atoms with Gasteiger partial charge in [-0.3, -0.25) is 5.73 Å². The Hall–Kier alpha value is -0.670. The first-order chi connectivity index (χ1) is 4.67. The van der Waals surface area contributed by atoms with E-state index in [4.69, 9.17) is 17.3 Å². The zero-order valence-electron chi connectivity index (χ0n) is 5.69. The maximum atomic E-state index is 5.82. The Bertz CT molecular complexity index is 183. The predicted molar refractivity (Wildman–Crippen MR) is 42.2 cm³/mol. The molecule has 0 aromatic carbocycles. The van der Waals surface area contributed by atoms with Gasteiger partial charge in [0.25, 0.3) is 0 Å². The molecule has 4 heteroatoms. The van der Waals surface area contributed by atoms with Crippen LogP contribution in [-0.2, 0) is 0 Å². The number of hydrogen-bond acceptors (Lipinski definition) is 3. The summed E-state index contributed by atoms with van der Waals surface area (Å²) in [6.07, 6.45) is 5.36. The summed E-state index contributed by atoms with van der Waals surface area (Å²) in [5, 5.41) is 4.71. The van der Waals surface area contributed by atoms with Gasteiger partial charge in [0.2, 0.25) is 5.12 Å². The van der Waals surface area contributed by atoms with E-state index in [1.54, 1.807) is 13.2 Å². The third-order valence-electron chi connectivity index (χ3n) is 1.31. The lowest BCUT2D eigenvalue weighted by Crippen LogP contribution is -2.51. The number of nitrogens with one attached hydrogen (secondary N) is 2. The monoisotopic (exact) mass is 159 g/mol. The third kappa shape index (κ3) is 1.25. The molecule has 0 spiro atoms. The molecule has 4 N–H and O–H groups in total. The molecule has 1 aliphatic rings. The molecule has 0 amide bonds. The summed E-state index contributed by atoms with van der Waals surface area (Å²) < 4.78 is 0. The molecule has 56 valence electrons. The normalized spacial score (nSPS) is 30.9. The Morgan fingerprint density at radius 1 is 1.80 bits per heavy atom. The highest BCUT2D eigenvalue weighted by Crippen LogP contribution is 2.15. The molecule has 0 fully saturated rings. The first-order valence-corrected chi connectivity index (χ1v) is 3.35. The first kappa shape index (κ1) is 7.44. The van der Waals surface area contributed by atoms with Crippen LogP contribution in [0.5, 0.6) is 0 Å². The summed E-state index contributed by atoms with van der Waals surface area (Å²) >= 11 is 5.82. The minimum atomic E-state index is -0.969. The minimum absolute atomic E-state index is 0.761. The van der Waals surface area contributed by atoms with Crippen molar-refractivity contribution >= 4 is 11.6 Å². The molecule has 1 rings (SSSR count). The lowest BCUT2D eigenvalue weighted by molar-refractivity contribution is 0.578. The number of alkyl halides is 1. The largest absolute Gasteiger partial charge is 0.387 e. The highest BCUT2D eigenvalue weighted by Gasteiger charge is 2.25. The number of allylic oxidation sites excluding steroid dienone is 2. The van der Waals surface area contributed by atoms with Gasteiger partial charge in [0.05, 0.1) is 5.70 Å². The van der Waals surface area contributed by atoms with Crippen molar-refractivity contribution in [2.45, 2.75) is 5.12 Å². The molecule has 3 nitrogen and oxygen atoms in total. The predicted octanol–water partition coefficient (Wildman–Crippen LogP) is 0.0579. The molecule has 0 aliphatic carbocycles. The SMILES string of the molecule is CNC1=CC=CNC1(N)Cl. The second-order valence-corrected chi connectivity index (χ2v) is 2.64. The highest BCUT2D eigenvalue weighted by atomic mass is 35.5. The smallest absolute Gasteiger partial charge is 0.204 e. The van der Waals surface area contributed by atoms with Gasteiger partial charge < -0.3 is 10.6 Å². The van der Waals surface area contributed by atoms with Crippen molar-refractivity contribution in [1.29, 1.82) is 0 Å². The van der Waals surface area contributed by atoms with E-state index in [0.717, 1.165) is 5.70 Å². The van der Waals surface area contributed by atoms with Gasteiger partial charge in [0, 0.05) is 7.05 Å². The molecular formula is C6H10ClN3. The average Bonchev–Trinajstić information content (AvgIpc) is 1.87. The average molecular weight is 160 g/mol. The zero-order valence-corrected chi connectivity index (χ0v) is 6.44. The Balaban J connectivity index is 2.81. The maximum absolute atomic E-state index is 5.82. The van der Waals surface area contributed by atoms with Crippen LogP contribution in [0.15, 0.2) is 24.0 Å². The summed E-state index contributed by atoms with van der Waals surface area (Å²) in [4.78, 5) is 0. The van der Waals surface area contributed by atoms with Gasteiger partial charge in [-0.25, -0.2) is 0 Å². The van der Waals surface area contributed by atoms with Gasteiger partial charge in [-0.2, -0.15) is 0 Å². The number of hydrogen-bond donors (Lipinski definition) is 3. The van der Waals surface area contributed by atoms with Crippen LogP contribution in [-0.4, -0.2) is 12.2 Å². The fourth-order valence-electron chi connectivity index (χ4n) is 0.778. The highest BCUT2D eigenvalue weighted by molar-refractivity contribution is 6.25. The van der Waals surface area contributed by atoms with Crippen LogP contribution >= 0.6 is 11.6 Å². The Labute approximate surface area is 64.9 Å². The molecule has 0 aromatic rings. The molecule has 0 saturated carbocycles. The molecule has 0 bridgehead atoms. The van der Waals surface area contributed by atoms with Gasteiger partial charge in [-0.1, -0.05) is 11.6 Å². The second kappa shape index (κ2) is 2.52. The Kier molecular flexibility index (Phi) is 1.87. The van der Waals surface area contributed by atoms with Gasteiger partial charge >= 0.3 is 0 Å². The Morgan fingerprint density at radius 3 is 2.90 bits per heavy atom. The summed E-state index contributed by atoms with van der Waals surface area (Å²) in [7, 11) is 1.77. The van der Waals surface area contributed by atoms with E-state index in [9.17, 15) is 0 Å². The summed E-state index contributed by atoms with van der Waals surface area (Å²) in [6, 6.07) is 0. The van der Waals surface area contributed by atoms with E-state index in [-0.39, 0.29) is 0 Å². The molecule has 1 aliphatic heterocycles. The van der Waals surface area contributed by atoms with Crippen LogP contribution in [0.2, 0.25) is 0 Å². The molecule has 1 unspecified atom stereocenters. The van der Waals surface area contributed by atoms with E-state index >= 15 is 0 Å². The molecule has 1 atom stereocenters. The van der Waals surface area contributed by atoms with Crippen LogP contribution in [0.4, 0.5) is 0 Å². The zero-order chi connectivity index (χ0) is 7.61. The fourth-order valence-corrected chi connectivity index (χ4v) is 0.998. The minimum Gasteiger partial charge on any atom is -0.387 e. The van der Waals surface area contributed by atoms with Crippen molar-refractivity contribution in [1.82, 2.24) is 10.6 Å². The van der Waals surface area contributed by atoms with Crippen molar-refractivity contribution in [3.8, 4) is 0 Å². The number of dihydropyridines is 1. The van der Waals surface area contributed by atoms with Crippen molar-refractivity contribution in [2.75, 3.05) is 7.05 Å². The molecule has 1 heterocycles. The van der Waals surface area contributed by atoms with Crippen LogP contribution in [0.1, 0.15) is 0 Å². The van der Waals surface area contributed by atoms with Gasteiger partial charge in [0.15, 0.2) is 0 Å². The van der Waals surface area contributed by atoms with Gasteiger partial charge in [-0.15, -0.1) is 0 Å². The first-order valence-electron chi connectivity index (χ1n) is 2.97. The lowest BCUT2D eigenvalue weighted by Gasteiger charge is -2.27. The Morgan fingerprint density at radius 2 is 2.50 bits per heavy atom. The molecule has 10 heavy (non-hydrogen) atoms. The van der Waals surface area contributed by atoms with Crippen LogP contribution < -0.4 is 16.4 Å². The summed E-state index contributed by atoms with van der Waals surface area (Å²) in [5.74, 6) is 0. The van der Waals surface area contributed by atoms with Crippen LogP contribution in [0, 0.1) is 0 Å². The third-order valence-corrected chi connectivity index (χ3v) is 1.63. The number of halogens is 1. The van der Waals surface area contributed by atoms with Crippen molar-refractivity contribution in [3.63, 3.8) is 0 Å². The van der Waals surface area contributed by atoms with Crippen LogP contribution in [0.25, 0.3) is 0 Å². The lowest BCUT2D eigenvalue weighted by atomic mass is 10.2. The second-order valence-electron chi connectivity index (χ2n) is 2.05. The number of nitrogens with two attached hydrogens (primary N) is 1. The van der Waals surface area contributed by atoms with E-state index < -0.39 is 5.12 Å². The topological polar surface area (TPSA) is 50.1 Å². The molecule has 0 radical (unpaired) electrons. The van der Waals surface area contributed by atoms with Crippen LogP contribution in [0.3, 0.4) is 0 Å². The van der Waals surface area contributed by atoms with Gasteiger partial charge in [-0.05, 0) is 18.4 Å². The maximum Gasteiger partial charge on any atom is 0.204 e. The van der Waals surface area contributed by atoms with Gasteiger partial charge in [0.1, 0.15) is 0 Å². The summed E-state index contributed by atoms with van der Waals surface area (Å²) in [6.45, 7) is 0. The number of rotatable bonds is 1. The standard InChI is InChI=1S/C6H10ClN3/c1-9-5-3-2-4-10-6(5,7)8/h2-4,9-10H,8H2,1H3. The van der Waals surface area contributed by atoms with Crippen molar-refractivity contribution in [3.05, 3.63) is 24.0 Å².